The molecule has 2 heteroatoms. The van der Waals surface area contributed by atoms with Crippen LogP contribution < -0.4 is 5.73 Å². The molecule has 0 saturated heterocycles. The highest BCUT2D eigenvalue weighted by molar-refractivity contribution is 6.07. The Hall–Kier alpha value is -2.06. The molecule has 3 rings (SSSR count). The summed E-state index contributed by atoms with van der Waals surface area (Å²) in [6.07, 6.45) is 4.03. The zero-order valence-electron chi connectivity index (χ0n) is 9.48. The van der Waals surface area contributed by atoms with Gasteiger partial charge in [-0.15, -0.1) is 0 Å². The van der Waals surface area contributed by atoms with Crippen molar-refractivity contribution in [2.45, 2.75) is 0 Å². The molecule has 0 aliphatic heterocycles. The molecule has 0 spiro atoms. The van der Waals surface area contributed by atoms with E-state index in [4.69, 9.17) is 5.73 Å². The molecule has 3 aromatic rings. The number of rotatable bonds is 2. The van der Waals surface area contributed by atoms with E-state index >= 15 is 0 Å². The van der Waals surface area contributed by atoms with Crippen molar-refractivity contribution in [2.75, 3.05) is 6.54 Å². The molecule has 0 atom stereocenters. The van der Waals surface area contributed by atoms with Gasteiger partial charge in [0.2, 0.25) is 0 Å². The van der Waals surface area contributed by atoms with Gasteiger partial charge in [0.25, 0.3) is 0 Å². The van der Waals surface area contributed by atoms with Crippen LogP contribution in [0.3, 0.4) is 0 Å². The van der Waals surface area contributed by atoms with E-state index in [-0.39, 0.29) is 0 Å². The van der Waals surface area contributed by atoms with E-state index in [0.717, 1.165) is 0 Å². The third-order valence-electron chi connectivity index (χ3n) is 2.98. The molecule has 0 saturated carbocycles. The lowest BCUT2D eigenvalue weighted by Crippen LogP contribution is -1.91. The van der Waals surface area contributed by atoms with E-state index < -0.39 is 0 Å². The highest BCUT2D eigenvalue weighted by Gasteiger charge is 2.02. The van der Waals surface area contributed by atoms with Gasteiger partial charge < -0.3 is 10.7 Å². The molecule has 0 amide bonds. The summed E-state index contributed by atoms with van der Waals surface area (Å²) < 4.78 is 0. The number of benzene rings is 2. The zero-order chi connectivity index (χ0) is 11.7. The summed E-state index contributed by atoms with van der Waals surface area (Å²) in [5.74, 6) is 0. The van der Waals surface area contributed by atoms with Gasteiger partial charge in [0.05, 0.1) is 0 Å². The lowest BCUT2D eigenvalue weighted by Gasteiger charge is -1.95. The van der Waals surface area contributed by atoms with Crippen LogP contribution in [-0.4, -0.2) is 11.5 Å². The molecular weight excluding hydrogens is 208 g/mol. The van der Waals surface area contributed by atoms with Crippen molar-refractivity contribution >= 4 is 27.9 Å². The van der Waals surface area contributed by atoms with Gasteiger partial charge in [0.1, 0.15) is 0 Å². The van der Waals surface area contributed by atoms with Crippen LogP contribution in [0.5, 0.6) is 0 Å². The highest BCUT2D eigenvalue weighted by Crippen LogP contribution is 2.26. The molecule has 0 radical (unpaired) electrons. The maximum Gasteiger partial charge on any atom is 0.0465 e. The van der Waals surface area contributed by atoms with Crippen molar-refractivity contribution in [1.29, 1.82) is 0 Å². The van der Waals surface area contributed by atoms with Crippen LogP contribution in [0.15, 0.2) is 48.5 Å². The van der Waals surface area contributed by atoms with E-state index in [1.54, 1.807) is 0 Å². The predicted octanol–water partition coefficient (Wildman–Crippen LogP) is 3.29. The molecule has 0 fully saturated rings. The fraction of sp³-hybridized carbons (Fsp3) is 0.0667. The molecule has 3 N–H and O–H groups in total. The van der Waals surface area contributed by atoms with Gasteiger partial charge >= 0.3 is 0 Å². The maximum atomic E-state index is 5.47. The topological polar surface area (TPSA) is 41.8 Å². The average Bonchev–Trinajstić information content (AvgIpc) is 2.74. The third kappa shape index (κ3) is 1.73. The van der Waals surface area contributed by atoms with Crippen molar-refractivity contribution in [1.82, 2.24) is 4.98 Å². The fourth-order valence-corrected chi connectivity index (χ4v) is 2.17. The van der Waals surface area contributed by atoms with E-state index in [9.17, 15) is 0 Å². The van der Waals surface area contributed by atoms with Gasteiger partial charge in [-0.1, -0.05) is 36.4 Å². The van der Waals surface area contributed by atoms with Crippen molar-refractivity contribution in [3.8, 4) is 0 Å². The summed E-state index contributed by atoms with van der Waals surface area (Å²) in [6, 6.07) is 14.8. The van der Waals surface area contributed by atoms with Gasteiger partial charge in [0.15, 0.2) is 0 Å². The van der Waals surface area contributed by atoms with Crippen LogP contribution in [0, 0.1) is 0 Å². The van der Waals surface area contributed by atoms with Crippen molar-refractivity contribution in [2.24, 2.45) is 5.73 Å². The van der Waals surface area contributed by atoms with Crippen LogP contribution >= 0.6 is 0 Å². The first-order valence-corrected chi connectivity index (χ1v) is 5.75. The largest absolute Gasteiger partial charge is 0.355 e. The highest BCUT2D eigenvalue weighted by atomic mass is 14.7. The summed E-state index contributed by atoms with van der Waals surface area (Å²) in [5, 5.41) is 2.53. The number of aromatic nitrogens is 1. The second kappa shape index (κ2) is 4.07. The molecule has 0 aliphatic rings. The standard InChI is InChI=1S/C15H14N2/c16-9-3-4-11-7-8-15-13(10-11)12-5-1-2-6-14(12)17-15/h1-8,10,17H,9,16H2. The molecule has 1 heterocycles. The van der Waals surface area contributed by atoms with E-state index in [1.807, 2.05) is 12.1 Å². The lowest BCUT2D eigenvalue weighted by atomic mass is 10.1. The summed E-state index contributed by atoms with van der Waals surface area (Å²) >= 11 is 0. The second-order valence-corrected chi connectivity index (χ2v) is 4.11. The van der Waals surface area contributed by atoms with Crippen LogP contribution in [0.4, 0.5) is 0 Å². The predicted molar refractivity (Wildman–Crippen MR) is 73.9 cm³/mol. The minimum Gasteiger partial charge on any atom is -0.355 e. The van der Waals surface area contributed by atoms with Crippen LogP contribution in [-0.2, 0) is 0 Å². The molecule has 0 aliphatic carbocycles. The Bertz CT molecular complexity index is 692. The molecule has 84 valence electrons. The Morgan fingerprint density at radius 1 is 1.00 bits per heavy atom. The number of hydrogen-bond donors (Lipinski definition) is 2. The normalized spacial score (nSPS) is 11.8. The summed E-state index contributed by atoms with van der Waals surface area (Å²) in [5.41, 5.74) is 9.01. The Kier molecular flexibility index (Phi) is 2.42. The van der Waals surface area contributed by atoms with Crippen molar-refractivity contribution < 1.29 is 0 Å². The Balaban J connectivity index is 2.26. The van der Waals surface area contributed by atoms with Gasteiger partial charge in [-0.3, -0.25) is 0 Å². The molecule has 0 bridgehead atoms. The molecular formula is C15H14N2. The number of nitrogens with two attached hydrogens (primary N) is 1. The monoisotopic (exact) mass is 222 g/mol. The zero-order valence-corrected chi connectivity index (χ0v) is 9.48. The number of aromatic amines is 1. The molecule has 0 unspecified atom stereocenters. The number of nitrogens with one attached hydrogen (secondary N) is 1. The second-order valence-electron chi connectivity index (χ2n) is 4.11. The summed E-state index contributed by atoms with van der Waals surface area (Å²) in [4.78, 5) is 3.41. The smallest absolute Gasteiger partial charge is 0.0465 e. The minimum absolute atomic E-state index is 0.575. The number of fused-ring (bicyclic) bond motifs is 3. The average molecular weight is 222 g/mol. The molecule has 1 aromatic heterocycles. The Labute approximate surface area is 99.7 Å². The Morgan fingerprint density at radius 3 is 2.71 bits per heavy atom. The Morgan fingerprint density at radius 2 is 1.82 bits per heavy atom. The number of H-pyrrole nitrogens is 1. The van der Waals surface area contributed by atoms with E-state index in [2.05, 4.69) is 47.5 Å². The van der Waals surface area contributed by atoms with Crippen LogP contribution in [0.2, 0.25) is 0 Å². The fourth-order valence-electron chi connectivity index (χ4n) is 2.17. The van der Waals surface area contributed by atoms with E-state index in [0.29, 0.717) is 6.54 Å². The summed E-state index contributed by atoms with van der Waals surface area (Å²) in [6.45, 7) is 0.575. The molecule has 17 heavy (non-hydrogen) atoms. The van der Waals surface area contributed by atoms with Crippen molar-refractivity contribution in [3.63, 3.8) is 0 Å². The first-order chi connectivity index (χ1) is 8.38. The molecule has 2 aromatic carbocycles. The minimum atomic E-state index is 0.575. The number of hydrogen-bond acceptors (Lipinski definition) is 1. The van der Waals surface area contributed by atoms with E-state index in [1.165, 1.54) is 27.4 Å². The first-order valence-electron chi connectivity index (χ1n) is 5.75. The van der Waals surface area contributed by atoms with Crippen LogP contribution in [0.25, 0.3) is 27.9 Å². The van der Waals surface area contributed by atoms with Crippen molar-refractivity contribution in [3.05, 3.63) is 54.1 Å². The SMILES string of the molecule is NCC=Cc1ccc2[nH]c3ccccc3c2c1. The van der Waals surface area contributed by atoms with Gasteiger partial charge in [-0.05, 0) is 23.8 Å². The van der Waals surface area contributed by atoms with Gasteiger partial charge in [0, 0.05) is 28.4 Å². The molecule has 2 nitrogen and oxygen atoms in total. The quantitative estimate of drug-likeness (QED) is 0.686. The summed E-state index contributed by atoms with van der Waals surface area (Å²) in [7, 11) is 0. The maximum absolute atomic E-state index is 5.47. The number of para-hydroxylation sites is 1. The van der Waals surface area contributed by atoms with Crippen LogP contribution in [0.1, 0.15) is 5.56 Å². The third-order valence-corrected chi connectivity index (χ3v) is 2.98. The lowest BCUT2D eigenvalue weighted by molar-refractivity contribution is 1.26. The van der Waals surface area contributed by atoms with Gasteiger partial charge in [-0.2, -0.15) is 0 Å². The first kappa shape index (κ1) is 10.1. The van der Waals surface area contributed by atoms with Gasteiger partial charge in [-0.25, -0.2) is 0 Å².